The molecule has 1 amide bonds. The summed E-state index contributed by atoms with van der Waals surface area (Å²) in [7, 11) is 1.78. The predicted molar refractivity (Wildman–Crippen MR) is 105 cm³/mol. The van der Waals surface area contributed by atoms with Crippen LogP contribution in [0, 0.1) is 0 Å². The number of thiazole rings is 1. The van der Waals surface area contributed by atoms with E-state index in [1.54, 1.807) is 29.5 Å². The average Bonchev–Trinajstić information content (AvgIpc) is 3.39. The van der Waals surface area contributed by atoms with E-state index >= 15 is 0 Å². The summed E-state index contributed by atoms with van der Waals surface area (Å²) in [6.45, 7) is 0.457. The van der Waals surface area contributed by atoms with Crippen molar-refractivity contribution in [2.45, 2.75) is 44.7 Å². The van der Waals surface area contributed by atoms with Crippen LogP contribution in [0.2, 0.25) is 0 Å². The minimum absolute atomic E-state index is 0.119. The molecule has 1 fully saturated rings. The van der Waals surface area contributed by atoms with Gasteiger partial charge in [-0.25, -0.2) is 9.67 Å². The van der Waals surface area contributed by atoms with Crippen LogP contribution in [-0.4, -0.2) is 37.8 Å². The third-order valence-electron chi connectivity index (χ3n) is 5.00. The van der Waals surface area contributed by atoms with Gasteiger partial charge >= 0.3 is 0 Å². The van der Waals surface area contributed by atoms with E-state index in [0.717, 1.165) is 29.1 Å². The Morgan fingerprint density at radius 2 is 2.00 bits per heavy atom. The van der Waals surface area contributed by atoms with Gasteiger partial charge in [-0.2, -0.15) is 0 Å². The second-order valence-corrected chi connectivity index (χ2v) is 7.90. The van der Waals surface area contributed by atoms with Crippen LogP contribution in [0.15, 0.2) is 41.9 Å². The Hall–Kier alpha value is -2.54. The van der Waals surface area contributed by atoms with Crippen molar-refractivity contribution in [1.82, 2.24) is 24.9 Å². The zero-order valence-corrected chi connectivity index (χ0v) is 16.2. The van der Waals surface area contributed by atoms with Crippen molar-refractivity contribution < 1.29 is 4.79 Å². The lowest BCUT2D eigenvalue weighted by Gasteiger charge is -2.21. The predicted octanol–water partition coefficient (Wildman–Crippen LogP) is 4.18. The molecule has 3 aromatic rings. The van der Waals surface area contributed by atoms with Gasteiger partial charge in [-0.1, -0.05) is 54.8 Å². The van der Waals surface area contributed by atoms with E-state index in [2.05, 4.69) is 15.3 Å². The van der Waals surface area contributed by atoms with Gasteiger partial charge in [-0.15, -0.1) is 16.4 Å². The van der Waals surface area contributed by atoms with Gasteiger partial charge in [0.2, 0.25) is 0 Å². The fourth-order valence-corrected chi connectivity index (χ4v) is 4.32. The molecule has 1 aliphatic rings. The first-order valence-corrected chi connectivity index (χ1v) is 10.3. The molecule has 0 atom stereocenters. The highest BCUT2D eigenvalue weighted by molar-refractivity contribution is 7.13. The molecule has 0 bridgehead atoms. The summed E-state index contributed by atoms with van der Waals surface area (Å²) in [4.78, 5) is 19.0. The van der Waals surface area contributed by atoms with Crippen LogP contribution < -0.4 is 0 Å². The van der Waals surface area contributed by atoms with E-state index in [-0.39, 0.29) is 5.91 Å². The smallest absolute Gasteiger partial charge is 0.276 e. The SMILES string of the molecule is CN(Cc1csc(-c2ccccc2)n1)C(=O)c1cn(C2CCCCC2)nn1. The number of nitrogens with zero attached hydrogens (tertiary/aromatic N) is 5. The summed E-state index contributed by atoms with van der Waals surface area (Å²) in [5, 5.41) is 11.3. The van der Waals surface area contributed by atoms with Crippen molar-refractivity contribution in [2.24, 2.45) is 0 Å². The fraction of sp³-hybridized carbons (Fsp3) is 0.400. The largest absolute Gasteiger partial charge is 0.334 e. The molecule has 0 N–H and O–H groups in total. The lowest BCUT2D eigenvalue weighted by atomic mass is 9.96. The maximum absolute atomic E-state index is 12.7. The van der Waals surface area contributed by atoms with Gasteiger partial charge in [0.1, 0.15) is 5.01 Å². The highest BCUT2D eigenvalue weighted by Gasteiger charge is 2.21. The van der Waals surface area contributed by atoms with Crippen molar-refractivity contribution in [3.05, 3.63) is 53.3 Å². The minimum Gasteiger partial charge on any atom is -0.334 e. The molecule has 7 heteroatoms. The molecule has 0 aliphatic heterocycles. The second-order valence-electron chi connectivity index (χ2n) is 7.05. The highest BCUT2D eigenvalue weighted by Crippen LogP contribution is 2.27. The number of carbonyl (C=O) groups excluding carboxylic acids is 1. The zero-order valence-electron chi connectivity index (χ0n) is 15.4. The third-order valence-corrected chi connectivity index (χ3v) is 5.94. The fourth-order valence-electron chi connectivity index (χ4n) is 3.50. The number of aromatic nitrogens is 4. The number of rotatable bonds is 5. The quantitative estimate of drug-likeness (QED) is 0.665. The first-order valence-electron chi connectivity index (χ1n) is 9.38. The Labute approximate surface area is 162 Å². The highest BCUT2D eigenvalue weighted by atomic mass is 32.1. The first kappa shape index (κ1) is 17.9. The zero-order chi connectivity index (χ0) is 18.6. The maximum atomic E-state index is 12.7. The molecule has 2 heterocycles. The molecule has 140 valence electrons. The Bertz CT molecular complexity index is 898. The van der Waals surface area contributed by atoms with E-state index in [0.29, 0.717) is 18.3 Å². The van der Waals surface area contributed by atoms with E-state index in [1.807, 2.05) is 40.4 Å². The summed E-state index contributed by atoms with van der Waals surface area (Å²) < 4.78 is 1.87. The Morgan fingerprint density at radius 1 is 1.22 bits per heavy atom. The Balaban J connectivity index is 1.41. The summed E-state index contributed by atoms with van der Waals surface area (Å²) in [5.74, 6) is -0.119. The third kappa shape index (κ3) is 4.08. The number of carbonyl (C=O) groups is 1. The standard InChI is InChI=1S/C20H23N5OS/c1-24(12-16-14-27-19(21-16)15-8-4-2-5-9-15)20(26)18-13-25(23-22-18)17-10-6-3-7-11-17/h2,4-5,8-9,13-14,17H,3,6-7,10-12H2,1H3. The van der Waals surface area contributed by atoms with E-state index in [1.165, 1.54) is 19.3 Å². The lowest BCUT2D eigenvalue weighted by molar-refractivity contribution is 0.0777. The molecule has 1 aromatic carbocycles. The molecule has 0 unspecified atom stereocenters. The summed E-state index contributed by atoms with van der Waals surface area (Å²) in [6.07, 6.45) is 7.77. The Morgan fingerprint density at radius 3 is 2.78 bits per heavy atom. The number of hydrogen-bond acceptors (Lipinski definition) is 5. The van der Waals surface area contributed by atoms with Crippen LogP contribution in [-0.2, 0) is 6.54 Å². The van der Waals surface area contributed by atoms with Crippen molar-refractivity contribution in [3.8, 4) is 10.6 Å². The molecule has 0 saturated heterocycles. The summed E-state index contributed by atoms with van der Waals surface area (Å²) >= 11 is 1.59. The molecule has 0 spiro atoms. The molecule has 1 aliphatic carbocycles. The van der Waals surface area contributed by atoms with Gasteiger partial charge in [0, 0.05) is 18.0 Å². The van der Waals surface area contributed by atoms with Crippen molar-refractivity contribution in [2.75, 3.05) is 7.05 Å². The second kappa shape index (κ2) is 8.00. The molecule has 4 rings (SSSR count). The van der Waals surface area contributed by atoms with Gasteiger partial charge in [0.05, 0.1) is 24.5 Å². The minimum atomic E-state index is -0.119. The number of hydrogen-bond donors (Lipinski definition) is 0. The number of amides is 1. The van der Waals surface area contributed by atoms with Gasteiger partial charge in [-0.05, 0) is 12.8 Å². The molecule has 1 saturated carbocycles. The first-order chi connectivity index (χ1) is 13.2. The molecule has 6 nitrogen and oxygen atoms in total. The van der Waals surface area contributed by atoms with Crippen LogP contribution in [0.3, 0.4) is 0 Å². The lowest BCUT2D eigenvalue weighted by Crippen LogP contribution is -2.26. The monoisotopic (exact) mass is 381 g/mol. The van der Waals surface area contributed by atoms with E-state index < -0.39 is 0 Å². The van der Waals surface area contributed by atoms with Crippen molar-refractivity contribution >= 4 is 17.2 Å². The van der Waals surface area contributed by atoms with Gasteiger partial charge in [-0.3, -0.25) is 4.79 Å². The topological polar surface area (TPSA) is 63.9 Å². The maximum Gasteiger partial charge on any atom is 0.276 e. The molecular formula is C20H23N5OS. The van der Waals surface area contributed by atoms with Crippen LogP contribution in [0.5, 0.6) is 0 Å². The molecule has 2 aromatic heterocycles. The molecule has 27 heavy (non-hydrogen) atoms. The number of benzene rings is 1. The van der Waals surface area contributed by atoms with Gasteiger partial charge in [0.25, 0.3) is 5.91 Å². The van der Waals surface area contributed by atoms with Crippen LogP contribution in [0.25, 0.3) is 10.6 Å². The van der Waals surface area contributed by atoms with Crippen LogP contribution in [0.1, 0.15) is 54.3 Å². The van der Waals surface area contributed by atoms with E-state index in [9.17, 15) is 4.79 Å². The summed E-state index contributed by atoms with van der Waals surface area (Å²) in [6, 6.07) is 10.5. The summed E-state index contributed by atoms with van der Waals surface area (Å²) in [5.41, 5.74) is 2.38. The average molecular weight is 382 g/mol. The normalized spacial score (nSPS) is 15.0. The van der Waals surface area contributed by atoms with Crippen LogP contribution >= 0.6 is 11.3 Å². The van der Waals surface area contributed by atoms with Crippen molar-refractivity contribution in [1.29, 1.82) is 0 Å². The van der Waals surface area contributed by atoms with Crippen molar-refractivity contribution in [3.63, 3.8) is 0 Å². The van der Waals surface area contributed by atoms with E-state index in [4.69, 9.17) is 0 Å². The van der Waals surface area contributed by atoms with Crippen LogP contribution in [0.4, 0.5) is 0 Å². The van der Waals surface area contributed by atoms with Gasteiger partial charge < -0.3 is 4.90 Å². The van der Waals surface area contributed by atoms with Gasteiger partial charge in [0.15, 0.2) is 5.69 Å². The molecule has 0 radical (unpaired) electrons. The Kier molecular flexibility index (Phi) is 5.29. The molecular weight excluding hydrogens is 358 g/mol.